The predicted molar refractivity (Wildman–Crippen MR) is 68.9 cm³/mol. The van der Waals surface area contributed by atoms with Crippen LogP contribution in [0.15, 0.2) is 0 Å². The predicted octanol–water partition coefficient (Wildman–Crippen LogP) is 0.853. The van der Waals surface area contributed by atoms with Crippen LogP contribution in [0.3, 0.4) is 0 Å². The van der Waals surface area contributed by atoms with Crippen molar-refractivity contribution in [3.8, 4) is 0 Å². The van der Waals surface area contributed by atoms with Crippen LogP contribution in [0, 0.1) is 11.8 Å². The van der Waals surface area contributed by atoms with Crippen molar-refractivity contribution in [2.75, 3.05) is 26.3 Å². The van der Waals surface area contributed by atoms with E-state index in [4.69, 9.17) is 9.47 Å². The average Bonchev–Trinajstić information content (AvgIpc) is 3.08. The highest BCUT2D eigenvalue weighted by atomic mass is 16.7. The molecule has 2 unspecified atom stereocenters. The van der Waals surface area contributed by atoms with Crippen LogP contribution in [-0.4, -0.2) is 54.0 Å². The van der Waals surface area contributed by atoms with Crippen molar-refractivity contribution in [1.82, 2.24) is 4.90 Å². The van der Waals surface area contributed by atoms with Gasteiger partial charge in [0.05, 0.1) is 25.0 Å². The fourth-order valence-electron chi connectivity index (χ4n) is 3.64. The number of nitrogens with zero attached hydrogens (tertiary/aromatic N) is 1. The molecule has 0 aromatic carbocycles. The molecule has 1 spiro atoms. The van der Waals surface area contributed by atoms with Crippen LogP contribution >= 0.6 is 0 Å². The van der Waals surface area contributed by atoms with Crippen LogP contribution in [-0.2, 0) is 19.1 Å². The fourth-order valence-corrected chi connectivity index (χ4v) is 3.64. The summed E-state index contributed by atoms with van der Waals surface area (Å²) < 4.78 is 11.3. The number of piperidine rings is 1. The van der Waals surface area contributed by atoms with Gasteiger partial charge in [0.25, 0.3) is 0 Å². The summed E-state index contributed by atoms with van der Waals surface area (Å²) in [7, 11) is 0. The van der Waals surface area contributed by atoms with Crippen molar-refractivity contribution in [3.05, 3.63) is 0 Å². The maximum atomic E-state index is 12.5. The summed E-state index contributed by atoms with van der Waals surface area (Å²) in [6.07, 6.45) is 3.52. The van der Waals surface area contributed by atoms with Gasteiger partial charge in [-0.05, 0) is 12.8 Å². The van der Waals surface area contributed by atoms with Gasteiger partial charge in [0.1, 0.15) is 0 Å². The maximum Gasteiger partial charge on any atom is 0.307 e. The maximum absolute atomic E-state index is 12.5. The quantitative estimate of drug-likeness (QED) is 0.813. The van der Waals surface area contributed by atoms with Crippen LogP contribution in [0.2, 0.25) is 0 Å². The molecular formula is C14H21NO5. The minimum atomic E-state index is -0.836. The number of hydrogen-bond donors (Lipinski definition) is 1. The molecule has 2 atom stereocenters. The summed E-state index contributed by atoms with van der Waals surface area (Å²) in [5.41, 5.74) is 0. The van der Waals surface area contributed by atoms with E-state index < -0.39 is 17.7 Å². The molecule has 6 nitrogen and oxygen atoms in total. The van der Waals surface area contributed by atoms with E-state index in [0.29, 0.717) is 52.0 Å². The molecule has 3 aliphatic rings. The lowest BCUT2D eigenvalue weighted by Crippen LogP contribution is -2.49. The Labute approximate surface area is 118 Å². The SMILES string of the molecule is O=C(O)C1CCCC1C(=O)N1CCC2(CC1)OCCO2. The lowest BCUT2D eigenvalue weighted by molar-refractivity contribution is -0.189. The van der Waals surface area contributed by atoms with Gasteiger partial charge in [-0.2, -0.15) is 0 Å². The molecule has 0 bridgehead atoms. The van der Waals surface area contributed by atoms with Gasteiger partial charge < -0.3 is 19.5 Å². The van der Waals surface area contributed by atoms with E-state index in [1.54, 1.807) is 4.90 Å². The normalized spacial score (nSPS) is 32.7. The molecule has 1 saturated carbocycles. The summed E-state index contributed by atoms with van der Waals surface area (Å²) in [5, 5.41) is 9.19. The first-order chi connectivity index (χ1) is 9.61. The van der Waals surface area contributed by atoms with E-state index >= 15 is 0 Å². The smallest absolute Gasteiger partial charge is 0.307 e. The van der Waals surface area contributed by atoms with Crippen LogP contribution in [0.25, 0.3) is 0 Å². The van der Waals surface area contributed by atoms with Gasteiger partial charge in [-0.1, -0.05) is 6.42 Å². The molecule has 0 aromatic heterocycles. The van der Waals surface area contributed by atoms with E-state index in [-0.39, 0.29) is 11.8 Å². The molecule has 1 amide bonds. The minimum absolute atomic E-state index is 0.00254. The van der Waals surface area contributed by atoms with Crippen LogP contribution in [0.5, 0.6) is 0 Å². The second kappa shape index (κ2) is 5.33. The zero-order valence-electron chi connectivity index (χ0n) is 11.5. The van der Waals surface area contributed by atoms with E-state index in [0.717, 1.165) is 6.42 Å². The Balaban J connectivity index is 1.60. The van der Waals surface area contributed by atoms with E-state index in [2.05, 4.69) is 0 Å². The standard InChI is InChI=1S/C14H21NO5/c16-12(10-2-1-3-11(10)13(17)18)15-6-4-14(5-7-15)19-8-9-20-14/h10-11H,1-9H2,(H,17,18). The van der Waals surface area contributed by atoms with Crippen molar-refractivity contribution in [2.24, 2.45) is 11.8 Å². The number of carboxylic acid groups (broad SMARTS) is 1. The Morgan fingerprint density at radius 1 is 1.05 bits per heavy atom. The van der Waals surface area contributed by atoms with Crippen LogP contribution < -0.4 is 0 Å². The Bertz CT molecular complexity index is 394. The number of rotatable bonds is 2. The van der Waals surface area contributed by atoms with Crippen molar-refractivity contribution < 1.29 is 24.2 Å². The first kappa shape index (κ1) is 13.8. The van der Waals surface area contributed by atoms with Gasteiger partial charge in [-0.25, -0.2) is 0 Å². The average molecular weight is 283 g/mol. The number of likely N-dealkylation sites (tertiary alicyclic amines) is 1. The summed E-state index contributed by atoms with van der Waals surface area (Å²) in [6.45, 7) is 2.44. The minimum Gasteiger partial charge on any atom is -0.481 e. The monoisotopic (exact) mass is 283 g/mol. The highest BCUT2D eigenvalue weighted by Crippen LogP contribution is 2.36. The van der Waals surface area contributed by atoms with E-state index in [1.165, 1.54) is 0 Å². The van der Waals surface area contributed by atoms with Gasteiger partial charge in [0.15, 0.2) is 5.79 Å². The zero-order chi connectivity index (χ0) is 14.2. The molecule has 1 N–H and O–H groups in total. The molecule has 2 aliphatic heterocycles. The number of amides is 1. The number of carbonyl (C=O) groups is 2. The Morgan fingerprint density at radius 2 is 1.65 bits per heavy atom. The highest BCUT2D eigenvalue weighted by Gasteiger charge is 2.44. The third-order valence-corrected chi connectivity index (χ3v) is 4.80. The fraction of sp³-hybridized carbons (Fsp3) is 0.857. The second-order valence-electron chi connectivity index (χ2n) is 5.92. The molecule has 0 aromatic rings. The first-order valence-electron chi connectivity index (χ1n) is 7.41. The summed E-state index contributed by atoms with van der Waals surface area (Å²) >= 11 is 0. The molecule has 112 valence electrons. The molecule has 3 fully saturated rings. The summed E-state index contributed by atoms with van der Waals surface area (Å²) in [6, 6.07) is 0. The number of aliphatic carboxylic acids is 1. The van der Waals surface area contributed by atoms with E-state index in [1.807, 2.05) is 0 Å². The van der Waals surface area contributed by atoms with Crippen molar-refractivity contribution >= 4 is 11.9 Å². The lowest BCUT2D eigenvalue weighted by Gasteiger charge is -2.38. The molecular weight excluding hydrogens is 262 g/mol. The number of hydrogen-bond acceptors (Lipinski definition) is 4. The van der Waals surface area contributed by atoms with Gasteiger partial charge >= 0.3 is 5.97 Å². The van der Waals surface area contributed by atoms with Crippen LogP contribution in [0.4, 0.5) is 0 Å². The van der Waals surface area contributed by atoms with Gasteiger partial charge in [-0.15, -0.1) is 0 Å². The van der Waals surface area contributed by atoms with Gasteiger partial charge in [-0.3, -0.25) is 9.59 Å². The van der Waals surface area contributed by atoms with Crippen molar-refractivity contribution in [1.29, 1.82) is 0 Å². The van der Waals surface area contributed by atoms with Gasteiger partial charge in [0, 0.05) is 25.9 Å². The number of carboxylic acids is 1. The molecule has 2 saturated heterocycles. The summed E-state index contributed by atoms with van der Waals surface area (Å²) in [5.74, 6) is -2.16. The molecule has 0 radical (unpaired) electrons. The zero-order valence-corrected chi connectivity index (χ0v) is 11.5. The summed E-state index contributed by atoms with van der Waals surface area (Å²) in [4.78, 5) is 25.5. The van der Waals surface area contributed by atoms with Crippen molar-refractivity contribution in [2.45, 2.75) is 37.9 Å². The van der Waals surface area contributed by atoms with Crippen molar-refractivity contribution in [3.63, 3.8) is 0 Å². The Kier molecular flexibility index (Phi) is 3.69. The topological polar surface area (TPSA) is 76.1 Å². The Morgan fingerprint density at radius 3 is 2.25 bits per heavy atom. The molecule has 3 rings (SSSR count). The van der Waals surface area contributed by atoms with Crippen LogP contribution in [0.1, 0.15) is 32.1 Å². The first-order valence-corrected chi connectivity index (χ1v) is 7.41. The third kappa shape index (κ3) is 2.42. The Hall–Kier alpha value is -1.14. The highest BCUT2D eigenvalue weighted by molar-refractivity contribution is 5.85. The molecule has 2 heterocycles. The molecule has 1 aliphatic carbocycles. The second-order valence-corrected chi connectivity index (χ2v) is 5.92. The molecule has 6 heteroatoms. The number of carbonyl (C=O) groups excluding carboxylic acids is 1. The van der Waals surface area contributed by atoms with Gasteiger partial charge in [0.2, 0.25) is 5.91 Å². The third-order valence-electron chi connectivity index (χ3n) is 4.80. The largest absolute Gasteiger partial charge is 0.481 e. The lowest BCUT2D eigenvalue weighted by atomic mass is 9.93. The number of ether oxygens (including phenoxy) is 2. The molecule has 20 heavy (non-hydrogen) atoms. The van der Waals surface area contributed by atoms with E-state index in [9.17, 15) is 14.7 Å².